The van der Waals surface area contributed by atoms with Gasteiger partial charge in [0.25, 0.3) is 0 Å². The first-order chi connectivity index (χ1) is 9.84. The van der Waals surface area contributed by atoms with E-state index in [1.807, 2.05) is 0 Å². The molecule has 2 heterocycles. The number of aryl methyl sites for hydroxylation is 2. The van der Waals surface area contributed by atoms with Gasteiger partial charge < -0.3 is 0 Å². The van der Waals surface area contributed by atoms with Crippen molar-refractivity contribution in [3.63, 3.8) is 0 Å². The lowest BCUT2D eigenvalue weighted by Gasteiger charge is -2.22. The van der Waals surface area contributed by atoms with Crippen LogP contribution in [0.1, 0.15) is 34.1 Å². The Morgan fingerprint density at radius 1 is 1.19 bits per heavy atom. The fourth-order valence-corrected chi connectivity index (χ4v) is 2.10. The number of hydrogen-bond donors (Lipinski definition) is 2. The lowest BCUT2D eigenvalue weighted by Crippen LogP contribution is -2.31. The average molecular weight is 297 g/mol. The minimum atomic E-state index is -4.49. The molecule has 0 saturated heterocycles. The minimum absolute atomic E-state index is 0.0528. The Kier molecular flexibility index (Phi) is 4.19. The molecule has 0 amide bonds. The summed E-state index contributed by atoms with van der Waals surface area (Å²) >= 11 is 0. The van der Waals surface area contributed by atoms with Crippen LogP contribution in [0.5, 0.6) is 0 Å². The van der Waals surface area contributed by atoms with Crippen molar-refractivity contribution in [2.45, 2.75) is 26.1 Å². The molecule has 112 valence electrons. The summed E-state index contributed by atoms with van der Waals surface area (Å²) in [6.45, 7) is 3.37. The Morgan fingerprint density at radius 2 is 1.90 bits per heavy atom. The first kappa shape index (κ1) is 15.3. The maximum atomic E-state index is 13.1. The number of alkyl halides is 3. The second kappa shape index (κ2) is 5.74. The first-order valence-electron chi connectivity index (χ1n) is 6.12. The van der Waals surface area contributed by atoms with Gasteiger partial charge in [0.2, 0.25) is 0 Å². The Hall–Kier alpha value is -2.06. The number of aromatic nitrogens is 3. The highest BCUT2D eigenvalue weighted by atomic mass is 19.4. The SMILES string of the molecule is Cc1cc(C(NN)c2cnccc2C(F)(F)F)c(C)nn1. The normalized spacial score (nSPS) is 13.2. The van der Waals surface area contributed by atoms with Gasteiger partial charge in [0.15, 0.2) is 0 Å². The maximum Gasteiger partial charge on any atom is 0.416 e. The van der Waals surface area contributed by atoms with E-state index in [0.29, 0.717) is 17.0 Å². The van der Waals surface area contributed by atoms with Crippen molar-refractivity contribution in [3.8, 4) is 0 Å². The molecule has 21 heavy (non-hydrogen) atoms. The van der Waals surface area contributed by atoms with Crippen LogP contribution < -0.4 is 11.3 Å². The van der Waals surface area contributed by atoms with Gasteiger partial charge in [-0.15, -0.1) is 0 Å². The van der Waals surface area contributed by atoms with Gasteiger partial charge in [-0.25, -0.2) is 5.43 Å². The van der Waals surface area contributed by atoms with E-state index in [2.05, 4.69) is 20.6 Å². The third-order valence-electron chi connectivity index (χ3n) is 3.09. The lowest BCUT2D eigenvalue weighted by molar-refractivity contribution is -0.138. The molecule has 8 heteroatoms. The highest BCUT2D eigenvalue weighted by Gasteiger charge is 2.35. The molecule has 0 aliphatic heterocycles. The molecule has 0 fully saturated rings. The molecule has 0 aliphatic carbocycles. The molecule has 0 aromatic carbocycles. The Balaban J connectivity index is 2.60. The molecule has 0 spiro atoms. The molecule has 2 aromatic rings. The molecule has 0 radical (unpaired) electrons. The van der Waals surface area contributed by atoms with E-state index in [1.165, 1.54) is 0 Å². The third-order valence-corrected chi connectivity index (χ3v) is 3.09. The van der Waals surface area contributed by atoms with Crippen molar-refractivity contribution < 1.29 is 13.2 Å². The van der Waals surface area contributed by atoms with Crippen molar-refractivity contribution in [2.24, 2.45) is 5.84 Å². The molecule has 0 bridgehead atoms. The zero-order valence-corrected chi connectivity index (χ0v) is 11.4. The van der Waals surface area contributed by atoms with Crippen LogP contribution in [-0.2, 0) is 6.18 Å². The molecule has 2 rings (SSSR count). The maximum absolute atomic E-state index is 13.1. The summed E-state index contributed by atoms with van der Waals surface area (Å²) < 4.78 is 39.3. The highest BCUT2D eigenvalue weighted by Crippen LogP contribution is 2.36. The van der Waals surface area contributed by atoms with Crippen molar-refractivity contribution in [3.05, 3.63) is 52.6 Å². The molecular weight excluding hydrogens is 283 g/mol. The number of nitrogens with zero attached hydrogens (tertiary/aromatic N) is 3. The van der Waals surface area contributed by atoms with E-state index >= 15 is 0 Å². The number of nitrogens with two attached hydrogens (primary N) is 1. The van der Waals surface area contributed by atoms with E-state index in [4.69, 9.17) is 5.84 Å². The summed E-state index contributed by atoms with van der Waals surface area (Å²) in [6.07, 6.45) is -2.23. The predicted octanol–water partition coefficient (Wildman–Crippen LogP) is 2.06. The van der Waals surface area contributed by atoms with E-state index in [1.54, 1.807) is 19.9 Å². The smallest absolute Gasteiger partial charge is 0.271 e. The zero-order chi connectivity index (χ0) is 15.6. The number of hydrazine groups is 1. The summed E-state index contributed by atoms with van der Waals surface area (Å²) in [6, 6.07) is 1.71. The van der Waals surface area contributed by atoms with E-state index in [-0.39, 0.29) is 5.56 Å². The van der Waals surface area contributed by atoms with Crippen LogP contribution in [0.15, 0.2) is 24.5 Å². The van der Waals surface area contributed by atoms with Gasteiger partial charge in [0.05, 0.1) is 23.0 Å². The molecule has 0 aliphatic rings. The molecule has 2 aromatic heterocycles. The summed E-state index contributed by atoms with van der Waals surface area (Å²) in [5.74, 6) is 5.47. The van der Waals surface area contributed by atoms with Gasteiger partial charge in [-0.1, -0.05) is 0 Å². The first-order valence-corrected chi connectivity index (χ1v) is 6.12. The van der Waals surface area contributed by atoms with Crippen LogP contribution in [0.25, 0.3) is 0 Å². The minimum Gasteiger partial charge on any atom is -0.271 e. The largest absolute Gasteiger partial charge is 0.416 e. The second-order valence-electron chi connectivity index (χ2n) is 4.59. The molecule has 5 nitrogen and oxygen atoms in total. The summed E-state index contributed by atoms with van der Waals surface area (Å²) in [7, 11) is 0. The van der Waals surface area contributed by atoms with Crippen LogP contribution in [0.3, 0.4) is 0 Å². The van der Waals surface area contributed by atoms with Gasteiger partial charge in [-0.3, -0.25) is 10.8 Å². The van der Waals surface area contributed by atoms with Crippen molar-refractivity contribution in [2.75, 3.05) is 0 Å². The van der Waals surface area contributed by atoms with Crippen LogP contribution in [-0.4, -0.2) is 15.2 Å². The average Bonchev–Trinajstić information content (AvgIpc) is 2.43. The van der Waals surface area contributed by atoms with Gasteiger partial charge in [0, 0.05) is 18.0 Å². The van der Waals surface area contributed by atoms with Crippen LogP contribution in [0, 0.1) is 13.8 Å². The summed E-state index contributed by atoms with van der Waals surface area (Å²) in [4.78, 5) is 3.77. The van der Waals surface area contributed by atoms with E-state index < -0.39 is 17.8 Å². The second-order valence-corrected chi connectivity index (χ2v) is 4.59. The standard InChI is InChI=1S/C13H14F3N5/c1-7-5-9(8(2)21-20-7)12(19-17)10-6-18-4-3-11(10)13(14,15)16/h3-6,12,19H,17H2,1-2H3. The quantitative estimate of drug-likeness (QED) is 0.670. The van der Waals surface area contributed by atoms with Gasteiger partial charge in [-0.2, -0.15) is 23.4 Å². The fraction of sp³-hybridized carbons (Fsp3) is 0.308. The van der Waals surface area contributed by atoms with Crippen LogP contribution >= 0.6 is 0 Å². The number of pyridine rings is 1. The number of hydrogen-bond acceptors (Lipinski definition) is 5. The van der Waals surface area contributed by atoms with Crippen LogP contribution in [0.2, 0.25) is 0 Å². The van der Waals surface area contributed by atoms with Gasteiger partial charge in [0.1, 0.15) is 0 Å². The Labute approximate surface area is 119 Å². The Morgan fingerprint density at radius 3 is 2.52 bits per heavy atom. The molecule has 0 saturated carbocycles. The Bertz CT molecular complexity index is 642. The molecular formula is C13H14F3N5. The zero-order valence-electron chi connectivity index (χ0n) is 11.4. The third kappa shape index (κ3) is 3.17. The lowest BCUT2D eigenvalue weighted by atomic mass is 9.95. The monoisotopic (exact) mass is 297 g/mol. The number of halogens is 3. The van der Waals surface area contributed by atoms with Crippen LogP contribution in [0.4, 0.5) is 13.2 Å². The highest BCUT2D eigenvalue weighted by molar-refractivity contribution is 5.38. The molecule has 1 unspecified atom stereocenters. The molecule has 1 atom stereocenters. The van der Waals surface area contributed by atoms with Crippen molar-refractivity contribution in [1.82, 2.24) is 20.6 Å². The summed E-state index contributed by atoms with van der Waals surface area (Å²) in [5, 5.41) is 7.78. The predicted molar refractivity (Wildman–Crippen MR) is 69.9 cm³/mol. The van der Waals surface area contributed by atoms with E-state index in [9.17, 15) is 13.2 Å². The number of rotatable bonds is 3. The number of nitrogens with one attached hydrogen (secondary N) is 1. The molecule has 3 N–H and O–H groups in total. The fourth-order valence-electron chi connectivity index (χ4n) is 2.10. The van der Waals surface area contributed by atoms with E-state index in [0.717, 1.165) is 18.5 Å². The van der Waals surface area contributed by atoms with Gasteiger partial charge in [-0.05, 0) is 31.5 Å². The van der Waals surface area contributed by atoms with Crippen molar-refractivity contribution >= 4 is 0 Å². The van der Waals surface area contributed by atoms with Gasteiger partial charge >= 0.3 is 6.18 Å². The van der Waals surface area contributed by atoms with Crippen molar-refractivity contribution in [1.29, 1.82) is 0 Å². The topological polar surface area (TPSA) is 76.7 Å². The summed E-state index contributed by atoms with van der Waals surface area (Å²) in [5.41, 5.74) is 3.19.